The number of ether oxygens (including phenoxy) is 1. The number of nitro groups is 1. The van der Waals surface area contributed by atoms with Crippen LogP contribution in [0.4, 0.5) is 11.4 Å². The van der Waals surface area contributed by atoms with Crippen molar-refractivity contribution in [3.8, 4) is 5.75 Å². The molecular weight excluding hydrogens is 342 g/mol. The summed E-state index contributed by atoms with van der Waals surface area (Å²) in [5.74, 6) is 0.865. The number of anilines is 1. The van der Waals surface area contributed by atoms with Crippen molar-refractivity contribution in [3.05, 3.63) is 64.2 Å². The largest absolute Gasteiger partial charge is 0.494 e. The maximum absolute atomic E-state index is 10.6. The van der Waals surface area contributed by atoms with Gasteiger partial charge in [-0.3, -0.25) is 15.5 Å². The number of benzene rings is 2. The van der Waals surface area contributed by atoms with E-state index in [4.69, 9.17) is 4.74 Å². The Hall–Kier alpha value is -2.89. The van der Waals surface area contributed by atoms with Crippen molar-refractivity contribution in [2.45, 2.75) is 45.4 Å². The first kappa shape index (κ1) is 20.4. The molecule has 0 heterocycles. The summed E-state index contributed by atoms with van der Waals surface area (Å²) in [6, 6.07) is 13.9. The van der Waals surface area contributed by atoms with E-state index in [1.54, 1.807) is 18.3 Å². The second-order valence-electron chi connectivity index (χ2n) is 6.36. The number of non-ortho nitro benzene ring substituents is 1. The van der Waals surface area contributed by atoms with E-state index in [0.29, 0.717) is 5.69 Å². The highest BCUT2D eigenvalue weighted by Crippen LogP contribution is 2.16. The Kier molecular flexibility index (Phi) is 8.83. The first-order valence-corrected chi connectivity index (χ1v) is 9.45. The Morgan fingerprint density at radius 2 is 1.67 bits per heavy atom. The van der Waals surface area contributed by atoms with Crippen molar-refractivity contribution < 1.29 is 9.66 Å². The molecule has 0 bridgehead atoms. The van der Waals surface area contributed by atoms with Crippen molar-refractivity contribution in [3.63, 3.8) is 0 Å². The van der Waals surface area contributed by atoms with E-state index >= 15 is 0 Å². The van der Waals surface area contributed by atoms with Gasteiger partial charge in [-0.05, 0) is 48.4 Å². The standard InChI is InChI=1S/C21H27N3O3/c1-2-3-4-5-6-7-16-27-21-14-8-18(9-15-21)17-22-23-19-10-12-20(13-11-19)24(25)26/h8-15,17,23H,2-7,16H2,1H3/b22-17+. The van der Waals surface area contributed by atoms with E-state index in [0.717, 1.165) is 24.3 Å². The van der Waals surface area contributed by atoms with Gasteiger partial charge in [0, 0.05) is 12.1 Å². The van der Waals surface area contributed by atoms with Gasteiger partial charge in [0.1, 0.15) is 5.75 Å². The summed E-state index contributed by atoms with van der Waals surface area (Å²) in [7, 11) is 0. The van der Waals surface area contributed by atoms with Crippen molar-refractivity contribution in [1.82, 2.24) is 0 Å². The molecule has 0 saturated carbocycles. The molecule has 0 aromatic heterocycles. The Balaban J connectivity index is 1.70. The van der Waals surface area contributed by atoms with E-state index in [1.165, 1.54) is 44.2 Å². The van der Waals surface area contributed by atoms with Gasteiger partial charge in [0.25, 0.3) is 5.69 Å². The van der Waals surface area contributed by atoms with Gasteiger partial charge in [-0.25, -0.2) is 0 Å². The van der Waals surface area contributed by atoms with Gasteiger partial charge in [0.15, 0.2) is 0 Å². The zero-order chi connectivity index (χ0) is 19.3. The predicted molar refractivity (Wildman–Crippen MR) is 110 cm³/mol. The zero-order valence-electron chi connectivity index (χ0n) is 15.8. The molecular formula is C21H27N3O3. The summed E-state index contributed by atoms with van der Waals surface area (Å²) in [4.78, 5) is 10.2. The van der Waals surface area contributed by atoms with E-state index in [1.807, 2.05) is 24.3 Å². The van der Waals surface area contributed by atoms with E-state index in [9.17, 15) is 10.1 Å². The molecule has 0 fully saturated rings. The minimum absolute atomic E-state index is 0.0566. The van der Waals surface area contributed by atoms with Gasteiger partial charge in [-0.1, -0.05) is 39.0 Å². The SMILES string of the molecule is CCCCCCCCOc1ccc(/C=N/Nc2ccc([N+](=O)[O-])cc2)cc1. The lowest BCUT2D eigenvalue weighted by atomic mass is 10.1. The highest BCUT2D eigenvalue weighted by Gasteiger charge is 2.02. The molecule has 0 spiro atoms. The van der Waals surface area contributed by atoms with Crippen molar-refractivity contribution >= 4 is 17.6 Å². The highest BCUT2D eigenvalue weighted by atomic mass is 16.6. The van der Waals surface area contributed by atoms with Crippen LogP contribution in [0, 0.1) is 10.1 Å². The van der Waals surface area contributed by atoms with Gasteiger partial charge in [-0.2, -0.15) is 5.10 Å². The lowest BCUT2D eigenvalue weighted by molar-refractivity contribution is -0.384. The van der Waals surface area contributed by atoms with E-state index in [-0.39, 0.29) is 5.69 Å². The molecule has 0 amide bonds. The van der Waals surface area contributed by atoms with Crippen LogP contribution in [0.2, 0.25) is 0 Å². The lowest BCUT2D eigenvalue weighted by Crippen LogP contribution is -1.97. The van der Waals surface area contributed by atoms with Gasteiger partial charge < -0.3 is 4.74 Å². The van der Waals surface area contributed by atoms with Crippen molar-refractivity contribution in [2.24, 2.45) is 5.10 Å². The summed E-state index contributed by atoms with van der Waals surface area (Å²) in [6.45, 7) is 2.98. The molecule has 2 rings (SSSR count). The number of nitro benzene ring substituents is 1. The molecule has 6 nitrogen and oxygen atoms in total. The topological polar surface area (TPSA) is 76.8 Å². The smallest absolute Gasteiger partial charge is 0.269 e. The maximum atomic E-state index is 10.6. The fraction of sp³-hybridized carbons (Fsp3) is 0.381. The first-order valence-electron chi connectivity index (χ1n) is 9.45. The molecule has 2 aromatic rings. The molecule has 0 unspecified atom stereocenters. The summed E-state index contributed by atoms with van der Waals surface area (Å²) in [5.41, 5.74) is 4.54. The number of hydrogen-bond acceptors (Lipinski definition) is 5. The van der Waals surface area contributed by atoms with E-state index < -0.39 is 4.92 Å². The Bertz CT molecular complexity index is 712. The fourth-order valence-corrected chi connectivity index (χ4v) is 2.56. The van der Waals surface area contributed by atoms with Crippen LogP contribution in [0.3, 0.4) is 0 Å². The molecule has 0 aliphatic heterocycles. The van der Waals surface area contributed by atoms with Crippen LogP contribution in [-0.2, 0) is 0 Å². The summed E-state index contributed by atoms with van der Waals surface area (Å²) in [6.07, 6.45) is 9.20. The third-order valence-electron chi connectivity index (χ3n) is 4.13. The Labute approximate surface area is 160 Å². The maximum Gasteiger partial charge on any atom is 0.269 e. The average molecular weight is 369 g/mol. The lowest BCUT2D eigenvalue weighted by Gasteiger charge is -2.06. The monoisotopic (exact) mass is 369 g/mol. The molecule has 0 atom stereocenters. The van der Waals surface area contributed by atoms with Crippen LogP contribution in [0.1, 0.15) is 51.0 Å². The van der Waals surface area contributed by atoms with Crippen LogP contribution in [0.25, 0.3) is 0 Å². The van der Waals surface area contributed by atoms with Crippen LogP contribution < -0.4 is 10.2 Å². The average Bonchev–Trinajstić information content (AvgIpc) is 2.69. The summed E-state index contributed by atoms with van der Waals surface area (Å²) in [5, 5.41) is 14.8. The molecule has 144 valence electrons. The minimum Gasteiger partial charge on any atom is -0.494 e. The summed E-state index contributed by atoms with van der Waals surface area (Å²) < 4.78 is 5.76. The molecule has 0 radical (unpaired) electrons. The molecule has 0 saturated heterocycles. The number of hydrazone groups is 1. The zero-order valence-corrected chi connectivity index (χ0v) is 15.8. The molecule has 0 aliphatic rings. The van der Waals surface area contributed by atoms with Crippen LogP contribution >= 0.6 is 0 Å². The highest BCUT2D eigenvalue weighted by molar-refractivity contribution is 5.80. The quantitative estimate of drug-likeness (QED) is 0.223. The summed E-state index contributed by atoms with van der Waals surface area (Å²) >= 11 is 0. The number of unbranched alkanes of at least 4 members (excludes halogenated alkanes) is 5. The van der Waals surface area contributed by atoms with Crippen LogP contribution in [-0.4, -0.2) is 17.7 Å². The first-order chi connectivity index (χ1) is 13.2. The third kappa shape index (κ3) is 7.90. The Morgan fingerprint density at radius 1 is 1.00 bits per heavy atom. The minimum atomic E-state index is -0.427. The van der Waals surface area contributed by atoms with Crippen molar-refractivity contribution in [1.29, 1.82) is 0 Å². The second-order valence-corrected chi connectivity index (χ2v) is 6.36. The molecule has 2 aromatic carbocycles. The molecule has 27 heavy (non-hydrogen) atoms. The fourth-order valence-electron chi connectivity index (χ4n) is 2.56. The van der Waals surface area contributed by atoms with E-state index in [2.05, 4.69) is 17.5 Å². The van der Waals surface area contributed by atoms with Crippen LogP contribution in [0.15, 0.2) is 53.6 Å². The molecule has 6 heteroatoms. The number of nitrogens with zero attached hydrogens (tertiary/aromatic N) is 2. The van der Waals surface area contributed by atoms with Gasteiger partial charge in [-0.15, -0.1) is 0 Å². The van der Waals surface area contributed by atoms with Crippen molar-refractivity contribution in [2.75, 3.05) is 12.0 Å². The third-order valence-corrected chi connectivity index (χ3v) is 4.13. The number of nitrogens with one attached hydrogen (secondary N) is 1. The Morgan fingerprint density at radius 3 is 2.33 bits per heavy atom. The molecule has 1 N–H and O–H groups in total. The predicted octanol–water partition coefficient (Wildman–Crippen LogP) is 5.78. The van der Waals surface area contributed by atoms with Gasteiger partial charge in [0.05, 0.1) is 23.4 Å². The number of rotatable bonds is 12. The van der Waals surface area contributed by atoms with Gasteiger partial charge >= 0.3 is 0 Å². The van der Waals surface area contributed by atoms with Crippen LogP contribution in [0.5, 0.6) is 5.75 Å². The number of hydrogen-bond donors (Lipinski definition) is 1. The molecule has 0 aliphatic carbocycles. The second kappa shape index (κ2) is 11.7. The normalized spacial score (nSPS) is 10.9. The van der Waals surface area contributed by atoms with Gasteiger partial charge in [0.2, 0.25) is 0 Å².